The van der Waals surface area contributed by atoms with Crippen LogP contribution in [0, 0.1) is 5.92 Å². The van der Waals surface area contributed by atoms with Crippen LogP contribution in [0.2, 0.25) is 0 Å². The van der Waals surface area contributed by atoms with Crippen molar-refractivity contribution in [2.45, 2.75) is 25.4 Å². The van der Waals surface area contributed by atoms with Crippen LogP contribution in [0.4, 0.5) is 5.82 Å². The molecule has 5 heterocycles. The molecule has 162 valence electrons. The summed E-state index contributed by atoms with van der Waals surface area (Å²) in [6.07, 6.45) is 5.40. The molecule has 3 aromatic heterocycles. The molecule has 8 heteroatoms. The van der Waals surface area contributed by atoms with Gasteiger partial charge in [-0.3, -0.25) is 4.79 Å². The molecule has 0 bridgehead atoms. The highest BCUT2D eigenvalue weighted by molar-refractivity contribution is 5.80. The number of piperidine rings is 1. The fourth-order valence-electron chi connectivity index (χ4n) is 5.08. The summed E-state index contributed by atoms with van der Waals surface area (Å²) in [6, 6.07) is 18.5. The highest BCUT2D eigenvalue weighted by Gasteiger charge is 2.36. The monoisotopic (exact) mass is 427 g/mol. The van der Waals surface area contributed by atoms with Gasteiger partial charge in [0.15, 0.2) is 5.65 Å². The Bertz CT molecular complexity index is 1240. The Balaban J connectivity index is 1.20. The van der Waals surface area contributed by atoms with E-state index in [2.05, 4.69) is 72.3 Å². The first-order chi connectivity index (χ1) is 15.8. The highest BCUT2D eigenvalue weighted by atomic mass is 16.2. The molecule has 1 atom stereocenters. The minimum Gasteiger partial charge on any atom is -0.355 e. The maximum atomic E-state index is 13.7. The van der Waals surface area contributed by atoms with E-state index < -0.39 is 0 Å². The number of nitrogens with zero attached hydrogens (tertiary/aromatic N) is 7. The lowest BCUT2D eigenvalue weighted by atomic mass is 9.92. The average Bonchev–Trinajstić information content (AvgIpc) is 3.52. The minimum absolute atomic E-state index is 0.0247. The largest absolute Gasteiger partial charge is 0.355 e. The Labute approximate surface area is 186 Å². The third-order valence-electron chi connectivity index (χ3n) is 6.75. The predicted molar refractivity (Wildman–Crippen MR) is 120 cm³/mol. The number of aromatic nitrogens is 5. The van der Waals surface area contributed by atoms with Crippen LogP contribution in [-0.4, -0.2) is 54.8 Å². The molecule has 0 saturated carbocycles. The summed E-state index contributed by atoms with van der Waals surface area (Å²) < 4.78 is 3.97. The topological polar surface area (TPSA) is 71.6 Å². The maximum absolute atomic E-state index is 13.7. The van der Waals surface area contributed by atoms with Crippen molar-refractivity contribution >= 4 is 17.4 Å². The van der Waals surface area contributed by atoms with Crippen molar-refractivity contribution in [3.63, 3.8) is 0 Å². The number of fused-ring (bicyclic) bond motifs is 2. The van der Waals surface area contributed by atoms with Gasteiger partial charge in [0.1, 0.15) is 12.1 Å². The highest BCUT2D eigenvalue weighted by Crippen LogP contribution is 2.35. The van der Waals surface area contributed by atoms with Crippen molar-refractivity contribution in [3.05, 3.63) is 78.4 Å². The number of rotatable bonds is 3. The summed E-state index contributed by atoms with van der Waals surface area (Å²) in [4.78, 5) is 18.1. The van der Waals surface area contributed by atoms with E-state index in [9.17, 15) is 4.79 Å². The zero-order chi connectivity index (χ0) is 21.5. The lowest BCUT2D eigenvalue weighted by Crippen LogP contribution is -2.47. The van der Waals surface area contributed by atoms with Crippen LogP contribution < -0.4 is 4.90 Å². The van der Waals surface area contributed by atoms with Gasteiger partial charge in [-0.2, -0.15) is 4.52 Å². The molecule has 0 spiro atoms. The number of hydrogen-bond acceptors (Lipinski definition) is 5. The molecule has 1 fully saturated rings. The second kappa shape index (κ2) is 7.78. The number of hydrogen-bond donors (Lipinski definition) is 0. The smallest absolute Gasteiger partial charge is 0.226 e. The summed E-state index contributed by atoms with van der Waals surface area (Å²) in [5.74, 6) is 1.21. The van der Waals surface area contributed by atoms with Crippen molar-refractivity contribution in [2.75, 3.05) is 24.5 Å². The number of carbonyl (C=O) groups is 1. The molecule has 32 heavy (non-hydrogen) atoms. The Morgan fingerprint density at radius 1 is 0.906 bits per heavy atom. The van der Waals surface area contributed by atoms with Crippen LogP contribution >= 0.6 is 0 Å². The quantitative estimate of drug-likeness (QED) is 0.503. The zero-order valence-electron chi connectivity index (χ0n) is 17.8. The van der Waals surface area contributed by atoms with E-state index in [0.29, 0.717) is 0 Å². The van der Waals surface area contributed by atoms with E-state index in [1.54, 1.807) is 10.8 Å². The molecule has 8 nitrogen and oxygen atoms in total. The molecule has 1 saturated heterocycles. The van der Waals surface area contributed by atoms with Crippen LogP contribution in [0.3, 0.4) is 0 Å². The van der Waals surface area contributed by atoms with Gasteiger partial charge in [0, 0.05) is 44.0 Å². The van der Waals surface area contributed by atoms with Gasteiger partial charge in [0.25, 0.3) is 0 Å². The molecular weight excluding hydrogens is 402 g/mol. The molecular formula is C24H25N7O. The van der Waals surface area contributed by atoms with Crippen molar-refractivity contribution in [3.8, 4) is 0 Å². The Hall–Kier alpha value is -3.68. The Morgan fingerprint density at radius 2 is 1.75 bits per heavy atom. The SMILES string of the molecule is O=C(C1CCN(c2ccc3nncn3n2)CC1)N1CCn2cccc2C1c1ccccc1. The minimum atomic E-state index is -0.0247. The van der Waals surface area contributed by atoms with Crippen molar-refractivity contribution < 1.29 is 4.79 Å². The number of anilines is 1. The van der Waals surface area contributed by atoms with Crippen molar-refractivity contribution in [1.82, 2.24) is 29.3 Å². The van der Waals surface area contributed by atoms with Crippen LogP contribution in [-0.2, 0) is 11.3 Å². The molecule has 0 radical (unpaired) electrons. The second-order valence-corrected chi connectivity index (χ2v) is 8.56. The summed E-state index contributed by atoms with van der Waals surface area (Å²) >= 11 is 0. The molecule has 6 rings (SSSR count). The van der Waals surface area contributed by atoms with E-state index in [-0.39, 0.29) is 17.9 Å². The molecule has 1 aromatic carbocycles. The van der Waals surface area contributed by atoms with E-state index in [1.165, 1.54) is 11.3 Å². The zero-order valence-corrected chi connectivity index (χ0v) is 17.8. The summed E-state index contributed by atoms with van der Waals surface area (Å²) in [5.41, 5.74) is 3.10. The molecule has 2 aliphatic rings. The summed E-state index contributed by atoms with van der Waals surface area (Å²) in [5, 5.41) is 12.5. The van der Waals surface area contributed by atoms with Gasteiger partial charge in [-0.05, 0) is 42.7 Å². The van der Waals surface area contributed by atoms with Crippen LogP contribution in [0.25, 0.3) is 5.65 Å². The first-order valence-corrected chi connectivity index (χ1v) is 11.2. The van der Waals surface area contributed by atoms with E-state index in [4.69, 9.17) is 0 Å². The van der Waals surface area contributed by atoms with Gasteiger partial charge >= 0.3 is 0 Å². The van der Waals surface area contributed by atoms with Gasteiger partial charge < -0.3 is 14.4 Å². The normalized spacial score (nSPS) is 19.3. The first-order valence-electron chi connectivity index (χ1n) is 11.2. The van der Waals surface area contributed by atoms with Crippen molar-refractivity contribution in [2.24, 2.45) is 5.92 Å². The van der Waals surface area contributed by atoms with E-state index >= 15 is 0 Å². The molecule has 2 aliphatic heterocycles. The molecule has 1 amide bonds. The molecule has 0 aliphatic carbocycles. The maximum Gasteiger partial charge on any atom is 0.226 e. The standard InChI is InChI=1S/C24H25N7O/c32-24(19-10-13-29(14-11-19)22-9-8-21-26-25-17-31(21)27-22)30-16-15-28-12-4-7-20(28)23(30)18-5-2-1-3-6-18/h1-9,12,17,19,23H,10-11,13-16H2. The van der Waals surface area contributed by atoms with Gasteiger partial charge in [-0.1, -0.05) is 30.3 Å². The molecule has 0 N–H and O–H groups in total. The molecule has 1 unspecified atom stereocenters. The van der Waals surface area contributed by atoms with Gasteiger partial charge in [-0.25, -0.2) is 0 Å². The molecule has 4 aromatic rings. The number of carbonyl (C=O) groups excluding carboxylic acids is 1. The summed E-state index contributed by atoms with van der Waals surface area (Å²) in [6.45, 7) is 3.22. The predicted octanol–water partition coefficient (Wildman–Crippen LogP) is 2.77. The number of benzene rings is 1. The van der Waals surface area contributed by atoms with Crippen LogP contribution in [0.1, 0.15) is 30.1 Å². The third-order valence-corrected chi connectivity index (χ3v) is 6.75. The number of amides is 1. The lowest BCUT2D eigenvalue weighted by molar-refractivity contribution is -0.139. The average molecular weight is 428 g/mol. The Morgan fingerprint density at radius 3 is 2.59 bits per heavy atom. The fourth-order valence-corrected chi connectivity index (χ4v) is 5.08. The van der Waals surface area contributed by atoms with E-state index in [1.807, 2.05) is 18.2 Å². The Kier molecular flexibility index (Phi) is 4.63. The summed E-state index contributed by atoms with van der Waals surface area (Å²) in [7, 11) is 0. The first kappa shape index (κ1) is 19.0. The van der Waals surface area contributed by atoms with E-state index in [0.717, 1.165) is 50.5 Å². The van der Waals surface area contributed by atoms with Crippen LogP contribution in [0.5, 0.6) is 0 Å². The third kappa shape index (κ3) is 3.23. The van der Waals surface area contributed by atoms with Gasteiger partial charge in [0.2, 0.25) is 5.91 Å². The van der Waals surface area contributed by atoms with Crippen molar-refractivity contribution in [1.29, 1.82) is 0 Å². The van der Waals surface area contributed by atoms with Gasteiger partial charge in [-0.15, -0.1) is 15.3 Å². The van der Waals surface area contributed by atoms with Gasteiger partial charge in [0.05, 0.1) is 6.04 Å². The lowest BCUT2D eigenvalue weighted by Gasteiger charge is -2.41. The van der Waals surface area contributed by atoms with Crippen LogP contribution in [0.15, 0.2) is 67.1 Å². The fraction of sp³-hybridized carbons (Fsp3) is 0.333. The second-order valence-electron chi connectivity index (χ2n) is 8.56.